The molecule has 0 bridgehead atoms. The molecule has 2 aromatic rings. The van der Waals surface area contributed by atoms with E-state index in [1.54, 1.807) is 24.3 Å². The molecule has 0 radical (unpaired) electrons. The summed E-state index contributed by atoms with van der Waals surface area (Å²) in [4.78, 5) is 4.48. The molecule has 2 N–H and O–H groups in total. The van der Waals surface area contributed by atoms with Gasteiger partial charge >= 0.3 is 6.61 Å². The molecule has 0 saturated heterocycles. The fourth-order valence-corrected chi connectivity index (χ4v) is 2.49. The lowest BCUT2D eigenvalue weighted by atomic mass is 10.1. The van der Waals surface area contributed by atoms with E-state index in [0.717, 1.165) is 11.1 Å². The largest absolute Gasteiger partial charge is 0.434 e. The number of alkyl halides is 2. The third-order valence-electron chi connectivity index (χ3n) is 3.70. The number of guanidine groups is 1. The smallest absolute Gasteiger partial charge is 0.387 e. The summed E-state index contributed by atoms with van der Waals surface area (Å²) in [6, 6.07) is 14.4. The number of ether oxygens (including phenoxy) is 1. The fraction of sp³-hybridized carbons (Fsp3) is 0.300. The molecule has 0 aliphatic heterocycles. The van der Waals surface area contributed by atoms with E-state index in [1.165, 1.54) is 6.07 Å². The van der Waals surface area contributed by atoms with Crippen LogP contribution in [0, 0.1) is 18.3 Å². The molecule has 2 aromatic carbocycles. The molecule has 8 heteroatoms. The van der Waals surface area contributed by atoms with E-state index < -0.39 is 6.61 Å². The van der Waals surface area contributed by atoms with Crippen LogP contribution in [-0.2, 0) is 13.1 Å². The SMILES string of the molecule is CCNC(=NCc1cccc(C#N)c1)NCc1cc(C)ccc1OC(F)F.I. The Morgan fingerprint density at radius 3 is 2.68 bits per heavy atom. The lowest BCUT2D eigenvalue weighted by Gasteiger charge is -2.15. The quantitative estimate of drug-likeness (QED) is 0.337. The normalized spacial score (nSPS) is 10.8. The average Bonchev–Trinajstić information content (AvgIpc) is 2.65. The molecule has 28 heavy (non-hydrogen) atoms. The zero-order valence-corrected chi connectivity index (χ0v) is 18.0. The van der Waals surface area contributed by atoms with Crippen LogP contribution in [0.15, 0.2) is 47.5 Å². The van der Waals surface area contributed by atoms with Crippen molar-refractivity contribution in [2.45, 2.75) is 33.5 Å². The highest BCUT2D eigenvalue weighted by Gasteiger charge is 2.10. The molecule has 150 valence electrons. The molecule has 5 nitrogen and oxygen atoms in total. The Labute approximate surface area is 180 Å². The van der Waals surface area contributed by atoms with Gasteiger partial charge in [-0.3, -0.25) is 0 Å². The monoisotopic (exact) mass is 500 g/mol. The number of aryl methyl sites for hydroxylation is 1. The maximum Gasteiger partial charge on any atom is 0.387 e. The summed E-state index contributed by atoms with van der Waals surface area (Å²) in [5.41, 5.74) is 3.05. The van der Waals surface area contributed by atoms with Crippen LogP contribution in [0.1, 0.15) is 29.2 Å². The molecular formula is C20H23F2IN4O. The van der Waals surface area contributed by atoms with Gasteiger partial charge in [0.05, 0.1) is 18.2 Å². The van der Waals surface area contributed by atoms with Crippen LogP contribution in [0.2, 0.25) is 0 Å². The van der Waals surface area contributed by atoms with Crippen LogP contribution in [-0.4, -0.2) is 19.1 Å². The van der Waals surface area contributed by atoms with Crippen molar-refractivity contribution in [2.75, 3.05) is 6.54 Å². The minimum atomic E-state index is -2.87. The lowest BCUT2D eigenvalue weighted by molar-refractivity contribution is -0.0504. The molecule has 2 rings (SSSR count). The van der Waals surface area contributed by atoms with Gasteiger partial charge in [0.15, 0.2) is 5.96 Å². The van der Waals surface area contributed by atoms with Crippen LogP contribution >= 0.6 is 24.0 Å². The van der Waals surface area contributed by atoms with Crippen LogP contribution in [0.5, 0.6) is 5.75 Å². The topological polar surface area (TPSA) is 69.4 Å². The van der Waals surface area contributed by atoms with Gasteiger partial charge in [0.1, 0.15) is 5.75 Å². The van der Waals surface area contributed by atoms with E-state index in [9.17, 15) is 8.78 Å². The van der Waals surface area contributed by atoms with Gasteiger partial charge in [-0.25, -0.2) is 4.99 Å². The highest BCUT2D eigenvalue weighted by Crippen LogP contribution is 2.22. The van der Waals surface area contributed by atoms with Crippen molar-refractivity contribution in [3.05, 3.63) is 64.7 Å². The first-order valence-corrected chi connectivity index (χ1v) is 8.57. The van der Waals surface area contributed by atoms with E-state index in [1.807, 2.05) is 26.0 Å². The van der Waals surface area contributed by atoms with Gasteiger partial charge in [0.2, 0.25) is 0 Å². The minimum Gasteiger partial charge on any atom is -0.434 e. The number of nitriles is 1. The highest BCUT2D eigenvalue weighted by molar-refractivity contribution is 14.0. The van der Waals surface area contributed by atoms with Crippen molar-refractivity contribution < 1.29 is 13.5 Å². The van der Waals surface area contributed by atoms with Crippen LogP contribution in [0.4, 0.5) is 8.78 Å². The molecular weight excluding hydrogens is 477 g/mol. The van der Waals surface area contributed by atoms with Crippen LogP contribution < -0.4 is 15.4 Å². The number of halogens is 3. The molecule has 0 unspecified atom stereocenters. The van der Waals surface area contributed by atoms with Crippen LogP contribution in [0.25, 0.3) is 0 Å². The van der Waals surface area contributed by atoms with Gasteiger partial charge in [-0.2, -0.15) is 14.0 Å². The average molecular weight is 500 g/mol. The number of nitrogens with one attached hydrogen (secondary N) is 2. The number of hydrogen-bond donors (Lipinski definition) is 2. The Balaban J connectivity index is 0.00000392. The summed E-state index contributed by atoms with van der Waals surface area (Å²) < 4.78 is 29.8. The van der Waals surface area contributed by atoms with Crippen molar-refractivity contribution in [3.63, 3.8) is 0 Å². The predicted molar refractivity (Wildman–Crippen MR) is 116 cm³/mol. The fourth-order valence-electron chi connectivity index (χ4n) is 2.49. The molecule has 0 atom stereocenters. The Morgan fingerprint density at radius 1 is 1.21 bits per heavy atom. The number of nitrogens with zero attached hydrogens (tertiary/aromatic N) is 2. The van der Waals surface area contributed by atoms with Crippen molar-refractivity contribution in [1.82, 2.24) is 10.6 Å². The molecule has 0 aliphatic rings. The number of hydrogen-bond acceptors (Lipinski definition) is 3. The van der Waals surface area contributed by atoms with E-state index in [2.05, 4.69) is 26.4 Å². The van der Waals surface area contributed by atoms with Crippen molar-refractivity contribution in [2.24, 2.45) is 4.99 Å². The standard InChI is InChI=1S/C20H22F2N4O.HI/c1-3-24-20(25-12-16-6-4-5-15(10-16)11-23)26-13-17-9-14(2)7-8-18(17)27-19(21)22;/h4-10,19H,3,12-13H2,1-2H3,(H2,24,25,26);1H. The van der Waals surface area contributed by atoms with Gasteiger partial charge in [-0.15, -0.1) is 24.0 Å². The lowest BCUT2D eigenvalue weighted by Crippen LogP contribution is -2.36. The zero-order valence-electron chi connectivity index (χ0n) is 15.7. The van der Waals surface area contributed by atoms with Gasteiger partial charge in [0.25, 0.3) is 0 Å². The Hall–Kier alpha value is -2.41. The molecule has 0 aliphatic carbocycles. The van der Waals surface area contributed by atoms with Crippen LogP contribution in [0.3, 0.4) is 0 Å². The first-order chi connectivity index (χ1) is 13.0. The second-order valence-corrected chi connectivity index (χ2v) is 5.85. The number of aliphatic imine (C=N–C) groups is 1. The molecule has 0 fully saturated rings. The summed E-state index contributed by atoms with van der Waals surface area (Å²) in [6.07, 6.45) is 0. The van der Waals surface area contributed by atoms with Gasteiger partial charge in [-0.1, -0.05) is 29.8 Å². The molecule has 0 spiro atoms. The second-order valence-electron chi connectivity index (χ2n) is 5.85. The van der Waals surface area contributed by atoms with E-state index in [-0.39, 0.29) is 36.3 Å². The first kappa shape index (κ1) is 23.6. The maximum atomic E-state index is 12.6. The number of benzene rings is 2. The predicted octanol–water partition coefficient (Wildman–Crippen LogP) is 4.34. The van der Waals surface area contributed by atoms with E-state index >= 15 is 0 Å². The summed E-state index contributed by atoms with van der Waals surface area (Å²) in [6.45, 7) is 2.27. The molecule has 0 aromatic heterocycles. The van der Waals surface area contributed by atoms with Crippen molar-refractivity contribution >= 4 is 29.9 Å². The number of rotatable bonds is 7. The van der Waals surface area contributed by atoms with Crippen molar-refractivity contribution in [3.8, 4) is 11.8 Å². The molecule has 0 amide bonds. The highest BCUT2D eigenvalue weighted by atomic mass is 127. The molecule has 0 saturated carbocycles. The Morgan fingerprint density at radius 2 is 2.00 bits per heavy atom. The summed E-state index contributed by atoms with van der Waals surface area (Å²) >= 11 is 0. The first-order valence-electron chi connectivity index (χ1n) is 8.57. The van der Waals surface area contributed by atoms with E-state index in [0.29, 0.717) is 30.2 Å². The third kappa shape index (κ3) is 7.68. The summed E-state index contributed by atoms with van der Waals surface area (Å²) in [7, 11) is 0. The van der Waals surface area contributed by atoms with Gasteiger partial charge in [-0.05, 0) is 37.6 Å². The Kier molecular flexibility index (Phi) is 10.2. The van der Waals surface area contributed by atoms with Gasteiger partial charge in [0, 0.05) is 18.7 Å². The third-order valence-corrected chi connectivity index (χ3v) is 3.70. The summed E-state index contributed by atoms with van der Waals surface area (Å²) in [5.74, 6) is 0.685. The Bertz CT molecular complexity index is 837. The minimum absolute atomic E-state index is 0. The summed E-state index contributed by atoms with van der Waals surface area (Å²) in [5, 5.41) is 15.2. The van der Waals surface area contributed by atoms with Gasteiger partial charge < -0.3 is 15.4 Å². The maximum absolute atomic E-state index is 12.6. The van der Waals surface area contributed by atoms with E-state index in [4.69, 9.17) is 5.26 Å². The zero-order chi connectivity index (χ0) is 19.6. The second kappa shape index (κ2) is 12.1. The van der Waals surface area contributed by atoms with Crippen molar-refractivity contribution in [1.29, 1.82) is 5.26 Å². The molecule has 0 heterocycles.